The Morgan fingerprint density at radius 2 is 1.74 bits per heavy atom. The van der Waals surface area contributed by atoms with Gasteiger partial charge in [0.15, 0.2) is 0 Å². The zero-order valence-electron chi connectivity index (χ0n) is 9.88. The number of methoxy groups -OCH3 is 1. The van der Waals surface area contributed by atoms with Gasteiger partial charge in [0.05, 0.1) is 7.11 Å². The SMILES string of the molecule is COC(=O)[C@]1(C(F)(F)F)[C@@H]2[C@@H]([C@H]3C=C[C@@H]2C3)C1(F)F. The highest BCUT2D eigenvalue weighted by Crippen LogP contribution is 2.77. The zero-order chi connectivity index (χ0) is 14.2. The van der Waals surface area contributed by atoms with Gasteiger partial charge in [-0.05, 0) is 18.3 Å². The van der Waals surface area contributed by atoms with E-state index >= 15 is 0 Å². The van der Waals surface area contributed by atoms with Gasteiger partial charge < -0.3 is 4.74 Å². The molecule has 0 heterocycles. The van der Waals surface area contributed by atoms with Crippen LogP contribution in [0.4, 0.5) is 22.0 Å². The number of hydrogen-bond donors (Lipinski definition) is 0. The van der Waals surface area contributed by atoms with E-state index in [0.717, 1.165) is 0 Å². The van der Waals surface area contributed by atoms with E-state index in [1.807, 2.05) is 0 Å². The molecule has 0 aromatic carbocycles. The van der Waals surface area contributed by atoms with E-state index in [1.54, 1.807) is 0 Å². The largest absolute Gasteiger partial charge is 0.468 e. The van der Waals surface area contributed by atoms with Crippen LogP contribution in [0.5, 0.6) is 0 Å². The van der Waals surface area contributed by atoms with Crippen molar-refractivity contribution in [2.75, 3.05) is 7.11 Å². The number of rotatable bonds is 1. The van der Waals surface area contributed by atoms with E-state index in [9.17, 15) is 26.7 Å². The Morgan fingerprint density at radius 1 is 1.21 bits per heavy atom. The molecule has 3 aliphatic rings. The van der Waals surface area contributed by atoms with Gasteiger partial charge in [-0.3, -0.25) is 4.79 Å². The summed E-state index contributed by atoms with van der Waals surface area (Å²) in [6, 6.07) is 0. The van der Waals surface area contributed by atoms with Gasteiger partial charge in [0.1, 0.15) is 0 Å². The van der Waals surface area contributed by atoms with Crippen LogP contribution in [0.2, 0.25) is 0 Å². The number of carbonyl (C=O) groups is 1. The molecule has 3 aliphatic carbocycles. The van der Waals surface area contributed by atoms with Gasteiger partial charge >= 0.3 is 12.1 Å². The first-order valence-corrected chi connectivity index (χ1v) is 5.91. The molecule has 0 radical (unpaired) electrons. The second kappa shape index (κ2) is 3.30. The Kier molecular flexibility index (Phi) is 2.23. The third kappa shape index (κ3) is 1.11. The van der Waals surface area contributed by atoms with Gasteiger partial charge in [-0.25, -0.2) is 8.78 Å². The van der Waals surface area contributed by atoms with E-state index < -0.39 is 47.2 Å². The highest BCUT2D eigenvalue weighted by Gasteiger charge is 2.92. The second-order valence-electron chi connectivity index (χ2n) is 5.42. The van der Waals surface area contributed by atoms with Crippen molar-refractivity contribution in [3.63, 3.8) is 0 Å². The van der Waals surface area contributed by atoms with Crippen LogP contribution in [-0.4, -0.2) is 25.2 Å². The number of carbonyl (C=O) groups excluding carboxylic acids is 1. The molecule has 0 saturated heterocycles. The van der Waals surface area contributed by atoms with Crippen molar-refractivity contribution in [2.24, 2.45) is 29.1 Å². The summed E-state index contributed by atoms with van der Waals surface area (Å²) < 4.78 is 72.1. The van der Waals surface area contributed by atoms with E-state index in [2.05, 4.69) is 4.74 Å². The van der Waals surface area contributed by atoms with Crippen LogP contribution >= 0.6 is 0 Å². The number of esters is 1. The Balaban J connectivity index is 2.15. The van der Waals surface area contributed by atoms with Crippen LogP contribution < -0.4 is 0 Å². The predicted octanol–water partition coefficient (Wildman–Crippen LogP) is 2.80. The lowest BCUT2D eigenvalue weighted by Gasteiger charge is -2.59. The minimum atomic E-state index is -5.32. The Hall–Kier alpha value is -1.14. The third-order valence-electron chi connectivity index (χ3n) is 4.86. The highest BCUT2D eigenvalue weighted by molar-refractivity contribution is 5.82. The van der Waals surface area contributed by atoms with Crippen LogP contribution in [0.3, 0.4) is 0 Å². The molecular weight excluding hydrogens is 271 g/mol. The average Bonchev–Trinajstić information content (AvgIpc) is 2.85. The molecule has 2 fully saturated rings. The van der Waals surface area contributed by atoms with Crippen molar-refractivity contribution in [3.05, 3.63) is 12.2 Å². The number of hydrogen-bond acceptors (Lipinski definition) is 2. The molecule has 7 heteroatoms. The topological polar surface area (TPSA) is 26.3 Å². The summed E-state index contributed by atoms with van der Waals surface area (Å²) in [5.41, 5.74) is -3.68. The van der Waals surface area contributed by atoms with E-state index in [4.69, 9.17) is 0 Å². The molecule has 3 rings (SSSR count). The summed E-state index contributed by atoms with van der Waals surface area (Å²) in [4.78, 5) is 11.6. The molecule has 2 nitrogen and oxygen atoms in total. The molecule has 106 valence electrons. The quantitative estimate of drug-likeness (QED) is 0.420. The summed E-state index contributed by atoms with van der Waals surface area (Å²) in [6.07, 6.45) is -2.00. The first-order valence-electron chi connectivity index (χ1n) is 5.91. The van der Waals surface area contributed by atoms with Crippen LogP contribution in [0, 0.1) is 29.1 Å². The van der Waals surface area contributed by atoms with E-state index in [1.165, 1.54) is 12.2 Å². The Morgan fingerprint density at radius 3 is 2.21 bits per heavy atom. The number of fused-ring (bicyclic) bond motifs is 5. The normalized spacial score (nSPS) is 45.8. The van der Waals surface area contributed by atoms with Gasteiger partial charge in [0.2, 0.25) is 5.41 Å². The minimum Gasteiger partial charge on any atom is -0.468 e. The monoisotopic (exact) mass is 282 g/mol. The van der Waals surface area contributed by atoms with Crippen molar-refractivity contribution < 1.29 is 31.5 Å². The lowest BCUT2D eigenvalue weighted by atomic mass is 9.47. The van der Waals surface area contributed by atoms with Crippen molar-refractivity contribution in [2.45, 2.75) is 18.5 Å². The van der Waals surface area contributed by atoms with Crippen LogP contribution in [-0.2, 0) is 9.53 Å². The van der Waals surface area contributed by atoms with Crippen molar-refractivity contribution >= 4 is 5.97 Å². The molecule has 0 aliphatic heterocycles. The lowest BCUT2D eigenvalue weighted by molar-refractivity contribution is -0.388. The summed E-state index contributed by atoms with van der Waals surface area (Å²) in [5, 5.41) is 0. The summed E-state index contributed by atoms with van der Waals surface area (Å²) in [5.74, 6) is -9.95. The third-order valence-corrected chi connectivity index (χ3v) is 4.86. The predicted molar refractivity (Wildman–Crippen MR) is 53.2 cm³/mol. The summed E-state index contributed by atoms with van der Waals surface area (Å²) >= 11 is 0. The Labute approximate surface area is 105 Å². The first kappa shape index (κ1) is 12.9. The Bertz CT molecular complexity index is 469. The van der Waals surface area contributed by atoms with Gasteiger partial charge in [-0.2, -0.15) is 13.2 Å². The average molecular weight is 282 g/mol. The van der Waals surface area contributed by atoms with E-state index in [-0.39, 0.29) is 6.42 Å². The second-order valence-corrected chi connectivity index (χ2v) is 5.42. The summed E-state index contributed by atoms with van der Waals surface area (Å²) in [7, 11) is 0.711. The standard InChI is InChI=1S/C12H11F5O2/c1-19-9(18)10(12(15,16)17)7-5-2-3-6(4-5)8(7)11(10,13)14/h2-3,5-8H,4H2,1H3/t5-,6+,7+,8-,10-/m1/s1. The van der Waals surface area contributed by atoms with Gasteiger partial charge in [-0.15, -0.1) is 0 Å². The maximum atomic E-state index is 14.1. The molecule has 0 aromatic heterocycles. The number of halogens is 5. The fourth-order valence-corrected chi connectivity index (χ4v) is 4.22. The molecule has 5 atom stereocenters. The van der Waals surface area contributed by atoms with Crippen LogP contribution in [0.15, 0.2) is 12.2 Å². The van der Waals surface area contributed by atoms with Crippen LogP contribution in [0.25, 0.3) is 0 Å². The molecule has 0 spiro atoms. The molecule has 2 bridgehead atoms. The number of alkyl halides is 5. The first-order chi connectivity index (χ1) is 8.69. The zero-order valence-corrected chi connectivity index (χ0v) is 9.88. The number of allylic oxidation sites excluding steroid dienone is 2. The molecule has 0 unspecified atom stereocenters. The van der Waals surface area contributed by atoms with Crippen molar-refractivity contribution in [1.82, 2.24) is 0 Å². The fraction of sp³-hybridized carbons (Fsp3) is 0.750. The molecule has 2 saturated carbocycles. The highest BCUT2D eigenvalue weighted by atomic mass is 19.4. The minimum absolute atomic E-state index is 0.264. The lowest BCUT2D eigenvalue weighted by Crippen LogP contribution is -2.76. The number of ether oxygens (including phenoxy) is 1. The molecule has 0 amide bonds. The van der Waals surface area contributed by atoms with E-state index in [0.29, 0.717) is 7.11 Å². The molecule has 19 heavy (non-hydrogen) atoms. The maximum absolute atomic E-state index is 14.1. The molecule has 0 aromatic rings. The smallest absolute Gasteiger partial charge is 0.411 e. The van der Waals surface area contributed by atoms with Crippen molar-refractivity contribution in [1.29, 1.82) is 0 Å². The van der Waals surface area contributed by atoms with Gasteiger partial charge in [0.25, 0.3) is 5.92 Å². The summed E-state index contributed by atoms with van der Waals surface area (Å²) in [6.45, 7) is 0. The van der Waals surface area contributed by atoms with Crippen LogP contribution in [0.1, 0.15) is 6.42 Å². The van der Waals surface area contributed by atoms with Gasteiger partial charge in [-0.1, -0.05) is 12.2 Å². The van der Waals surface area contributed by atoms with Gasteiger partial charge in [0, 0.05) is 11.8 Å². The van der Waals surface area contributed by atoms with Crippen molar-refractivity contribution in [3.8, 4) is 0 Å². The molecule has 0 N–H and O–H groups in total. The maximum Gasteiger partial charge on any atom is 0.411 e. The fourth-order valence-electron chi connectivity index (χ4n) is 4.22. The molecular formula is C12H11F5O2.